The van der Waals surface area contributed by atoms with Crippen molar-refractivity contribution in [2.45, 2.75) is 27.7 Å². The Balaban J connectivity index is 4.36. The van der Waals surface area contributed by atoms with E-state index in [-0.39, 0.29) is 5.91 Å². The lowest BCUT2D eigenvalue weighted by molar-refractivity contribution is -0.113. The van der Waals surface area contributed by atoms with Crippen molar-refractivity contribution in [2.24, 2.45) is 16.8 Å². The molecule has 12 heavy (non-hydrogen) atoms. The second-order valence-corrected chi connectivity index (χ2v) is 3.33. The molecule has 0 spiro atoms. The largest absolute Gasteiger partial charge is 0.269 e. The molecule has 0 saturated heterocycles. The van der Waals surface area contributed by atoms with E-state index in [0.717, 1.165) is 5.71 Å². The Morgan fingerprint density at radius 2 is 1.92 bits per heavy atom. The van der Waals surface area contributed by atoms with E-state index in [2.05, 4.69) is 32.3 Å². The average Bonchev–Trinajstić information content (AvgIpc) is 2.02. The maximum Gasteiger partial charge on any atom is 0.269 e. The molecule has 1 atom stereocenters. The van der Waals surface area contributed by atoms with Crippen LogP contribution in [0, 0.1) is 11.8 Å². The van der Waals surface area contributed by atoms with Gasteiger partial charge in [-0.25, -0.2) is 4.99 Å². The fourth-order valence-electron chi connectivity index (χ4n) is 0.804. The van der Waals surface area contributed by atoms with Crippen LogP contribution in [0.5, 0.6) is 0 Å². The lowest BCUT2D eigenvalue weighted by Gasteiger charge is -2.14. The van der Waals surface area contributed by atoms with Gasteiger partial charge >= 0.3 is 0 Å². The van der Waals surface area contributed by atoms with Crippen molar-refractivity contribution in [3.8, 4) is 0 Å². The summed E-state index contributed by atoms with van der Waals surface area (Å²) in [6.07, 6.45) is 1.23. The number of amides is 1. The van der Waals surface area contributed by atoms with Crippen LogP contribution in [0.3, 0.4) is 0 Å². The Morgan fingerprint density at radius 1 is 1.42 bits per heavy atom. The molecule has 2 heteroatoms. The first-order valence-corrected chi connectivity index (χ1v) is 4.20. The first-order chi connectivity index (χ1) is 5.49. The zero-order valence-corrected chi connectivity index (χ0v) is 8.29. The van der Waals surface area contributed by atoms with E-state index in [0.29, 0.717) is 11.8 Å². The maximum absolute atomic E-state index is 10.8. The molecule has 0 fully saturated rings. The Bertz CT molecular complexity index is 204. The molecule has 0 aliphatic carbocycles. The standard InChI is InChI=1S/C10H17NO/c1-6-10(12)11-9(5)8(4)7(2)3/h6-8H,1H2,2-5H3/b11-9-. The molecule has 0 N–H and O–H groups in total. The lowest BCUT2D eigenvalue weighted by atomic mass is 9.94. The topological polar surface area (TPSA) is 29.4 Å². The third-order valence-corrected chi connectivity index (χ3v) is 2.12. The summed E-state index contributed by atoms with van der Waals surface area (Å²) in [5.74, 6) is 0.625. The highest BCUT2D eigenvalue weighted by Crippen LogP contribution is 2.11. The fraction of sp³-hybridized carbons (Fsp3) is 0.600. The van der Waals surface area contributed by atoms with Crippen molar-refractivity contribution in [3.05, 3.63) is 12.7 Å². The van der Waals surface area contributed by atoms with Gasteiger partial charge in [-0.2, -0.15) is 0 Å². The van der Waals surface area contributed by atoms with Gasteiger partial charge in [0.1, 0.15) is 0 Å². The Labute approximate surface area is 74.4 Å². The number of carbonyl (C=O) groups is 1. The van der Waals surface area contributed by atoms with Gasteiger partial charge in [-0.3, -0.25) is 4.79 Å². The van der Waals surface area contributed by atoms with E-state index >= 15 is 0 Å². The van der Waals surface area contributed by atoms with E-state index in [1.165, 1.54) is 6.08 Å². The highest BCUT2D eigenvalue weighted by Gasteiger charge is 2.10. The summed E-state index contributed by atoms with van der Waals surface area (Å²) < 4.78 is 0. The zero-order chi connectivity index (χ0) is 9.72. The summed E-state index contributed by atoms with van der Waals surface area (Å²) >= 11 is 0. The molecule has 1 unspecified atom stereocenters. The molecule has 0 saturated carbocycles. The molecule has 2 nitrogen and oxygen atoms in total. The van der Waals surface area contributed by atoms with Gasteiger partial charge in [0.25, 0.3) is 5.91 Å². The molecule has 0 aliphatic rings. The third kappa shape index (κ3) is 3.46. The molecule has 0 aromatic rings. The summed E-state index contributed by atoms with van der Waals surface area (Å²) in [6, 6.07) is 0. The van der Waals surface area contributed by atoms with E-state index in [1.54, 1.807) is 0 Å². The summed E-state index contributed by atoms with van der Waals surface area (Å²) in [7, 11) is 0. The van der Waals surface area contributed by atoms with Crippen LogP contribution in [0.1, 0.15) is 27.7 Å². The van der Waals surface area contributed by atoms with E-state index < -0.39 is 0 Å². The Morgan fingerprint density at radius 3 is 2.25 bits per heavy atom. The maximum atomic E-state index is 10.8. The number of rotatable bonds is 3. The van der Waals surface area contributed by atoms with Crippen LogP contribution in [-0.2, 0) is 4.79 Å². The van der Waals surface area contributed by atoms with E-state index in [9.17, 15) is 4.79 Å². The van der Waals surface area contributed by atoms with E-state index in [4.69, 9.17) is 0 Å². The highest BCUT2D eigenvalue weighted by atomic mass is 16.1. The van der Waals surface area contributed by atoms with Crippen molar-refractivity contribution in [3.63, 3.8) is 0 Å². The highest BCUT2D eigenvalue weighted by molar-refractivity contribution is 6.00. The summed E-state index contributed by atoms with van der Waals surface area (Å²) in [5, 5.41) is 0. The number of hydrogen-bond acceptors (Lipinski definition) is 1. The summed E-state index contributed by atoms with van der Waals surface area (Å²) in [6.45, 7) is 11.5. The predicted octanol–water partition coefficient (Wildman–Crippen LogP) is 2.45. The number of nitrogens with zero attached hydrogens (tertiary/aromatic N) is 1. The quantitative estimate of drug-likeness (QED) is 0.469. The first-order valence-electron chi connectivity index (χ1n) is 4.20. The average molecular weight is 167 g/mol. The molecule has 0 heterocycles. The van der Waals surface area contributed by atoms with Crippen LogP contribution in [0.25, 0.3) is 0 Å². The lowest BCUT2D eigenvalue weighted by Crippen LogP contribution is -2.14. The molecule has 0 aromatic carbocycles. The number of carbonyl (C=O) groups excluding carboxylic acids is 1. The number of aliphatic imine (C=N–C) groups is 1. The van der Waals surface area contributed by atoms with Crippen LogP contribution < -0.4 is 0 Å². The fourth-order valence-corrected chi connectivity index (χ4v) is 0.804. The molecular formula is C10H17NO. The minimum atomic E-state index is -0.250. The van der Waals surface area contributed by atoms with Crippen LogP contribution in [-0.4, -0.2) is 11.6 Å². The van der Waals surface area contributed by atoms with Crippen molar-refractivity contribution in [2.75, 3.05) is 0 Å². The van der Waals surface area contributed by atoms with Crippen LogP contribution in [0.4, 0.5) is 0 Å². The Kier molecular flexibility index (Phi) is 4.49. The predicted molar refractivity (Wildman–Crippen MR) is 52.3 cm³/mol. The number of hydrogen-bond donors (Lipinski definition) is 0. The third-order valence-electron chi connectivity index (χ3n) is 2.12. The monoisotopic (exact) mass is 167 g/mol. The smallest absolute Gasteiger partial charge is 0.268 e. The van der Waals surface area contributed by atoms with Gasteiger partial charge in [0.15, 0.2) is 0 Å². The van der Waals surface area contributed by atoms with Gasteiger partial charge in [0, 0.05) is 5.71 Å². The Hall–Kier alpha value is -0.920. The second-order valence-electron chi connectivity index (χ2n) is 3.33. The van der Waals surface area contributed by atoms with Crippen molar-refractivity contribution in [1.29, 1.82) is 0 Å². The van der Waals surface area contributed by atoms with E-state index in [1.807, 2.05) is 6.92 Å². The van der Waals surface area contributed by atoms with Crippen LogP contribution in [0.2, 0.25) is 0 Å². The molecule has 0 aliphatic heterocycles. The van der Waals surface area contributed by atoms with Crippen molar-refractivity contribution >= 4 is 11.6 Å². The molecule has 68 valence electrons. The molecule has 0 rings (SSSR count). The van der Waals surface area contributed by atoms with Gasteiger partial charge in [0.05, 0.1) is 0 Å². The van der Waals surface area contributed by atoms with Gasteiger partial charge in [-0.1, -0.05) is 27.4 Å². The van der Waals surface area contributed by atoms with Crippen LogP contribution >= 0.6 is 0 Å². The normalized spacial score (nSPS) is 14.6. The van der Waals surface area contributed by atoms with Gasteiger partial charge in [-0.05, 0) is 24.8 Å². The zero-order valence-electron chi connectivity index (χ0n) is 8.29. The van der Waals surface area contributed by atoms with Gasteiger partial charge in [-0.15, -0.1) is 0 Å². The molecule has 0 radical (unpaired) electrons. The SMILES string of the molecule is C=CC(=O)/N=C(/C)C(C)C(C)C. The minimum Gasteiger partial charge on any atom is -0.268 e. The van der Waals surface area contributed by atoms with Gasteiger partial charge in [0.2, 0.25) is 0 Å². The molecular weight excluding hydrogens is 150 g/mol. The first kappa shape index (κ1) is 11.1. The van der Waals surface area contributed by atoms with Crippen molar-refractivity contribution in [1.82, 2.24) is 0 Å². The molecule has 0 bridgehead atoms. The van der Waals surface area contributed by atoms with Crippen molar-refractivity contribution < 1.29 is 4.79 Å². The molecule has 0 aromatic heterocycles. The molecule has 1 amide bonds. The summed E-state index contributed by atoms with van der Waals surface area (Å²) in [4.78, 5) is 14.7. The second kappa shape index (κ2) is 4.86. The van der Waals surface area contributed by atoms with Gasteiger partial charge < -0.3 is 0 Å². The minimum absolute atomic E-state index is 0.250. The summed E-state index contributed by atoms with van der Waals surface area (Å²) in [5.41, 5.74) is 0.884. The van der Waals surface area contributed by atoms with Crippen LogP contribution in [0.15, 0.2) is 17.6 Å².